The largest absolute Gasteiger partial charge is 0.200 e. The zero-order valence-corrected chi connectivity index (χ0v) is 19.5. The van der Waals surface area contributed by atoms with Crippen molar-refractivity contribution in [3.8, 4) is 0 Å². The van der Waals surface area contributed by atoms with E-state index in [0.29, 0.717) is 0 Å². The molecule has 3 aromatic rings. The van der Waals surface area contributed by atoms with Gasteiger partial charge in [0.05, 0.1) is 6.15 Å². The van der Waals surface area contributed by atoms with Gasteiger partial charge < -0.3 is 0 Å². The summed E-state index contributed by atoms with van der Waals surface area (Å²) in [5.41, 5.74) is 4.18. The molecule has 0 amide bonds. The van der Waals surface area contributed by atoms with Crippen LogP contribution in [-0.4, -0.2) is 6.15 Å². The number of hydrogen-bond acceptors (Lipinski definition) is 0. The van der Waals surface area contributed by atoms with Gasteiger partial charge in [0.2, 0.25) is 0 Å². The van der Waals surface area contributed by atoms with E-state index >= 15 is 0 Å². The molecule has 3 rings (SSSR count). The van der Waals surface area contributed by atoms with Gasteiger partial charge in [0.15, 0.2) is 0 Å². The standard InChI is InChI=1S/C22H21BBr3/c1-2-3-16-23(17-4-10-20(24)11-5-17,18-6-12-21(25)13-7-18)19-8-14-22(26)15-9-19/h4-15H,2-3,16H2,1H3/q-1. The van der Waals surface area contributed by atoms with Gasteiger partial charge in [0.1, 0.15) is 0 Å². The van der Waals surface area contributed by atoms with Crippen molar-refractivity contribution in [3.63, 3.8) is 0 Å². The third-order valence-corrected chi connectivity index (χ3v) is 6.89. The fourth-order valence-corrected chi connectivity index (χ4v) is 4.75. The number of unbranched alkanes of at least 4 members (excludes halogenated alkanes) is 1. The predicted octanol–water partition coefficient (Wildman–Crippen LogP) is 6.24. The molecular weight excluding hydrogens is 515 g/mol. The van der Waals surface area contributed by atoms with Gasteiger partial charge in [-0.25, -0.2) is 0 Å². The van der Waals surface area contributed by atoms with E-state index < -0.39 is 6.15 Å². The van der Waals surface area contributed by atoms with Gasteiger partial charge in [-0.1, -0.05) is 140 Å². The van der Waals surface area contributed by atoms with Crippen LogP contribution >= 0.6 is 47.8 Å². The van der Waals surface area contributed by atoms with Crippen LogP contribution in [0.1, 0.15) is 19.8 Å². The van der Waals surface area contributed by atoms with Gasteiger partial charge in [0.25, 0.3) is 0 Å². The van der Waals surface area contributed by atoms with Crippen molar-refractivity contribution in [2.45, 2.75) is 26.1 Å². The van der Waals surface area contributed by atoms with Crippen molar-refractivity contribution >= 4 is 70.3 Å². The summed E-state index contributed by atoms with van der Waals surface area (Å²) in [5, 5.41) is 0. The zero-order valence-electron chi connectivity index (χ0n) is 14.8. The van der Waals surface area contributed by atoms with Crippen LogP contribution in [0.2, 0.25) is 6.32 Å². The molecule has 0 radical (unpaired) electrons. The van der Waals surface area contributed by atoms with Gasteiger partial charge in [-0.05, 0) is 0 Å². The molecule has 0 fully saturated rings. The zero-order chi connectivity index (χ0) is 18.6. The van der Waals surface area contributed by atoms with E-state index in [2.05, 4.69) is 128 Å². The van der Waals surface area contributed by atoms with Crippen LogP contribution in [0.5, 0.6) is 0 Å². The second kappa shape index (κ2) is 8.90. The summed E-state index contributed by atoms with van der Waals surface area (Å²) in [7, 11) is 0. The molecule has 0 aliphatic heterocycles. The fourth-order valence-electron chi connectivity index (χ4n) is 3.96. The maximum atomic E-state index is 3.59. The maximum Gasteiger partial charge on any atom is 0.0814 e. The molecule has 0 saturated carbocycles. The average molecular weight is 536 g/mol. The first-order valence-electron chi connectivity index (χ1n) is 9.01. The third-order valence-electron chi connectivity index (χ3n) is 5.31. The Hall–Kier alpha value is -0.835. The maximum absolute atomic E-state index is 3.59. The Bertz CT molecular complexity index is 729. The number of benzene rings is 3. The molecule has 0 nitrogen and oxygen atoms in total. The summed E-state index contributed by atoms with van der Waals surface area (Å²) in [4.78, 5) is 0. The molecular formula is C22H21BBr3-. The normalized spacial score (nSPS) is 11.5. The molecule has 0 heterocycles. The molecule has 0 aliphatic carbocycles. The highest BCUT2D eigenvalue weighted by Gasteiger charge is 2.29. The number of rotatable bonds is 6. The molecule has 134 valence electrons. The Balaban J connectivity index is 2.27. The molecule has 4 heteroatoms. The molecule has 0 aromatic heterocycles. The molecule has 0 aliphatic rings. The Kier molecular flexibility index (Phi) is 6.82. The minimum absolute atomic E-state index is 1.02. The van der Waals surface area contributed by atoms with Crippen LogP contribution < -0.4 is 16.4 Å². The molecule has 3 aromatic carbocycles. The highest BCUT2D eigenvalue weighted by atomic mass is 79.9. The predicted molar refractivity (Wildman–Crippen MR) is 127 cm³/mol. The molecule has 0 spiro atoms. The molecule has 0 bridgehead atoms. The second-order valence-corrected chi connectivity index (χ2v) is 9.59. The van der Waals surface area contributed by atoms with Crippen LogP contribution in [0.3, 0.4) is 0 Å². The van der Waals surface area contributed by atoms with E-state index in [-0.39, 0.29) is 0 Å². The summed E-state index contributed by atoms with van der Waals surface area (Å²) in [6.07, 6.45) is 2.51. The highest BCUT2D eigenvalue weighted by Crippen LogP contribution is 2.20. The average Bonchev–Trinajstić information content (AvgIpc) is 2.66. The monoisotopic (exact) mass is 533 g/mol. The third kappa shape index (κ3) is 4.18. The first kappa shape index (κ1) is 19.9. The lowest BCUT2D eigenvalue weighted by molar-refractivity contribution is 0.874. The second-order valence-electron chi connectivity index (χ2n) is 6.84. The lowest BCUT2D eigenvalue weighted by Gasteiger charge is -2.43. The van der Waals surface area contributed by atoms with Gasteiger partial charge in [-0.15, -0.1) is 0 Å². The van der Waals surface area contributed by atoms with E-state index in [1.165, 1.54) is 29.2 Å². The first-order chi connectivity index (χ1) is 12.6. The Morgan fingerprint density at radius 2 is 0.885 bits per heavy atom. The van der Waals surface area contributed by atoms with Crippen molar-refractivity contribution in [3.05, 3.63) is 86.2 Å². The lowest BCUT2D eigenvalue weighted by Crippen LogP contribution is -2.66. The summed E-state index contributed by atoms with van der Waals surface area (Å²) >= 11 is 10.8. The number of hydrogen-bond donors (Lipinski definition) is 0. The summed E-state index contributed by atoms with van der Waals surface area (Å²) in [6.45, 7) is 2.27. The van der Waals surface area contributed by atoms with Gasteiger partial charge >= 0.3 is 0 Å². The summed E-state index contributed by atoms with van der Waals surface area (Å²) in [6, 6.07) is 26.7. The van der Waals surface area contributed by atoms with Crippen molar-refractivity contribution < 1.29 is 0 Å². The smallest absolute Gasteiger partial charge is 0.0814 e. The topological polar surface area (TPSA) is 0 Å². The van der Waals surface area contributed by atoms with E-state index in [0.717, 1.165) is 19.7 Å². The van der Waals surface area contributed by atoms with Crippen LogP contribution in [-0.2, 0) is 0 Å². The van der Waals surface area contributed by atoms with Crippen molar-refractivity contribution in [2.24, 2.45) is 0 Å². The van der Waals surface area contributed by atoms with E-state index in [4.69, 9.17) is 0 Å². The van der Waals surface area contributed by atoms with Gasteiger partial charge in [-0.2, -0.15) is 22.7 Å². The quantitative estimate of drug-likeness (QED) is 0.328. The van der Waals surface area contributed by atoms with Crippen molar-refractivity contribution in [1.82, 2.24) is 0 Å². The molecule has 0 saturated heterocycles. The Morgan fingerprint density at radius 1 is 0.577 bits per heavy atom. The molecule has 0 N–H and O–H groups in total. The van der Waals surface area contributed by atoms with Crippen LogP contribution in [0, 0.1) is 0 Å². The number of halogens is 3. The lowest BCUT2D eigenvalue weighted by atomic mass is 9.14. The minimum Gasteiger partial charge on any atom is -0.200 e. The van der Waals surface area contributed by atoms with Crippen molar-refractivity contribution in [2.75, 3.05) is 0 Å². The molecule has 0 atom stereocenters. The Labute approximate surface area is 181 Å². The van der Waals surface area contributed by atoms with Gasteiger partial charge in [-0.3, -0.25) is 0 Å². The van der Waals surface area contributed by atoms with Crippen LogP contribution in [0.4, 0.5) is 0 Å². The van der Waals surface area contributed by atoms with Crippen LogP contribution in [0.25, 0.3) is 0 Å². The van der Waals surface area contributed by atoms with Gasteiger partial charge in [0, 0.05) is 13.4 Å². The minimum atomic E-state index is -1.02. The van der Waals surface area contributed by atoms with E-state index in [9.17, 15) is 0 Å². The molecule has 26 heavy (non-hydrogen) atoms. The first-order valence-corrected chi connectivity index (χ1v) is 11.4. The van der Waals surface area contributed by atoms with Crippen molar-refractivity contribution in [1.29, 1.82) is 0 Å². The van der Waals surface area contributed by atoms with E-state index in [1.807, 2.05) is 0 Å². The summed E-state index contributed by atoms with van der Waals surface area (Å²) in [5.74, 6) is 0. The Morgan fingerprint density at radius 3 is 1.15 bits per heavy atom. The van der Waals surface area contributed by atoms with Crippen LogP contribution in [0.15, 0.2) is 86.2 Å². The fraction of sp³-hybridized carbons (Fsp3) is 0.182. The molecule has 0 unspecified atom stereocenters. The SMILES string of the molecule is CCCC[B-](c1ccc(Br)cc1)(c1ccc(Br)cc1)c1ccc(Br)cc1. The highest BCUT2D eigenvalue weighted by molar-refractivity contribution is 9.11. The summed E-state index contributed by atoms with van der Waals surface area (Å²) < 4.78 is 3.36. The van der Waals surface area contributed by atoms with E-state index in [1.54, 1.807) is 0 Å².